The number of likely N-dealkylation sites (N-methyl/N-ethyl adjacent to an activating group) is 1. The Morgan fingerprint density at radius 1 is 1.14 bits per heavy atom. The summed E-state index contributed by atoms with van der Waals surface area (Å²) in [6.45, 7) is 5.54. The maximum atomic E-state index is 12.7. The maximum absolute atomic E-state index is 12.7. The smallest absolute Gasteiger partial charge is 0.234 e. The summed E-state index contributed by atoms with van der Waals surface area (Å²) in [7, 11) is 3.92. The van der Waals surface area contributed by atoms with Crippen molar-refractivity contribution in [2.75, 3.05) is 27.2 Å². The van der Waals surface area contributed by atoms with Crippen molar-refractivity contribution in [1.29, 1.82) is 0 Å². The van der Waals surface area contributed by atoms with Crippen LogP contribution < -0.4 is 0 Å². The molecule has 4 heteroatoms. The van der Waals surface area contributed by atoms with E-state index in [2.05, 4.69) is 32.1 Å². The molecule has 2 fully saturated rings. The molecule has 114 valence electrons. The second-order valence-corrected chi connectivity index (χ2v) is 7.03. The minimum Gasteiger partial charge on any atom is -0.308 e. The lowest BCUT2D eigenvalue weighted by Gasteiger charge is -2.20. The van der Waals surface area contributed by atoms with Crippen LogP contribution in [0.15, 0.2) is 23.8 Å². The third-order valence-electron chi connectivity index (χ3n) is 4.86. The van der Waals surface area contributed by atoms with Crippen LogP contribution in [0.25, 0.3) is 0 Å². The number of imide groups is 1. The summed E-state index contributed by atoms with van der Waals surface area (Å²) in [6, 6.07) is 0. The predicted octanol–water partition coefficient (Wildman–Crippen LogP) is 1.55. The second kappa shape index (κ2) is 5.09. The number of likely N-dealkylation sites (tertiary alicyclic amines) is 1. The number of allylic oxidation sites excluding steroid dienone is 4. The molecule has 0 spiro atoms. The lowest BCUT2D eigenvalue weighted by Crippen LogP contribution is -2.38. The highest BCUT2D eigenvalue weighted by Crippen LogP contribution is 2.55. The summed E-state index contributed by atoms with van der Waals surface area (Å²) in [6.07, 6.45) is 6.53. The van der Waals surface area contributed by atoms with Crippen molar-refractivity contribution < 1.29 is 9.59 Å². The van der Waals surface area contributed by atoms with E-state index in [0.717, 1.165) is 6.54 Å². The lowest BCUT2D eigenvalue weighted by atomic mass is 9.85. The van der Waals surface area contributed by atoms with E-state index in [-0.39, 0.29) is 35.5 Å². The van der Waals surface area contributed by atoms with Crippen LogP contribution in [0.2, 0.25) is 0 Å². The Kier molecular flexibility index (Phi) is 3.52. The summed E-state index contributed by atoms with van der Waals surface area (Å²) in [4.78, 5) is 28.8. The van der Waals surface area contributed by atoms with E-state index >= 15 is 0 Å². The van der Waals surface area contributed by atoms with Gasteiger partial charge in [0.15, 0.2) is 0 Å². The number of rotatable bonds is 4. The molecule has 4 atom stereocenters. The first-order valence-electron chi connectivity index (χ1n) is 7.81. The van der Waals surface area contributed by atoms with Crippen molar-refractivity contribution in [2.45, 2.75) is 13.8 Å². The van der Waals surface area contributed by atoms with Gasteiger partial charge in [-0.2, -0.15) is 0 Å². The SMILES string of the molecule is CC(C)/C=C1/C2C=CC1[C@H]1C(=O)N(CCN(C)C)C(=O)C21. The summed E-state index contributed by atoms with van der Waals surface area (Å²) >= 11 is 0. The Hall–Kier alpha value is -1.42. The molecular weight excluding hydrogens is 264 g/mol. The van der Waals surface area contributed by atoms with Crippen molar-refractivity contribution in [3.8, 4) is 0 Å². The first-order chi connectivity index (χ1) is 9.91. The molecule has 1 aliphatic heterocycles. The van der Waals surface area contributed by atoms with Gasteiger partial charge >= 0.3 is 0 Å². The molecule has 0 aromatic heterocycles. The van der Waals surface area contributed by atoms with Gasteiger partial charge in [0.1, 0.15) is 0 Å². The van der Waals surface area contributed by atoms with Crippen molar-refractivity contribution in [2.24, 2.45) is 29.6 Å². The van der Waals surface area contributed by atoms with Gasteiger partial charge in [-0.3, -0.25) is 14.5 Å². The molecule has 0 N–H and O–H groups in total. The van der Waals surface area contributed by atoms with Gasteiger partial charge in [-0.25, -0.2) is 0 Å². The Morgan fingerprint density at radius 2 is 1.67 bits per heavy atom. The zero-order valence-corrected chi connectivity index (χ0v) is 13.2. The standard InChI is InChI=1S/C17H24N2O2/c1-10(2)9-13-11-5-6-12(13)15-14(11)16(20)19(17(15)21)8-7-18(3)4/h5-6,9-12,14-15H,7-8H2,1-4H3/b13-9-/t11?,12?,14?,15-/m1/s1. The highest BCUT2D eigenvalue weighted by Gasteiger charge is 2.61. The van der Waals surface area contributed by atoms with E-state index in [0.29, 0.717) is 12.5 Å². The van der Waals surface area contributed by atoms with Gasteiger partial charge in [0.05, 0.1) is 11.8 Å². The molecule has 0 aromatic carbocycles. The molecule has 2 aliphatic carbocycles. The lowest BCUT2D eigenvalue weighted by molar-refractivity contribution is -0.140. The normalized spacial score (nSPS) is 35.9. The highest BCUT2D eigenvalue weighted by atomic mass is 16.2. The Balaban J connectivity index is 1.84. The number of hydrogen-bond donors (Lipinski definition) is 0. The van der Waals surface area contributed by atoms with Crippen molar-refractivity contribution in [1.82, 2.24) is 9.80 Å². The van der Waals surface area contributed by atoms with Gasteiger partial charge in [0.25, 0.3) is 0 Å². The van der Waals surface area contributed by atoms with Crippen LogP contribution in [-0.4, -0.2) is 48.8 Å². The monoisotopic (exact) mass is 288 g/mol. The molecule has 0 aromatic rings. The van der Waals surface area contributed by atoms with Crippen LogP contribution >= 0.6 is 0 Å². The highest BCUT2D eigenvalue weighted by molar-refractivity contribution is 6.07. The maximum Gasteiger partial charge on any atom is 0.234 e. The fraction of sp³-hybridized carbons (Fsp3) is 0.647. The third-order valence-corrected chi connectivity index (χ3v) is 4.86. The van der Waals surface area contributed by atoms with E-state index in [1.807, 2.05) is 19.0 Å². The van der Waals surface area contributed by atoms with Crippen LogP contribution in [0, 0.1) is 29.6 Å². The van der Waals surface area contributed by atoms with E-state index < -0.39 is 0 Å². The largest absolute Gasteiger partial charge is 0.308 e. The topological polar surface area (TPSA) is 40.6 Å². The Morgan fingerprint density at radius 3 is 2.10 bits per heavy atom. The predicted molar refractivity (Wildman–Crippen MR) is 81.3 cm³/mol. The van der Waals surface area contributed by atoms with Crippen LogP contribution in [0.3, 0.4) is 0 Å². The van der Waals surface area contributed by atoms with E-state index in [1.165, 1.54) is 10.5 Å². The Labute approximate surface area is 126 Å². The van der Waals surface area contributed by atoms with Gasteiger partial charge in [-0.15, -0.1) is 0 Å². The minimum absolute atomic E-state index is 0.0401. The van der Waals surface area contributed by atoms with Gasteiger partial charge in [-0.1, -0.05) is 37.6 Å². The molecule has 3 aliphatic rings. The molecule has 0 radical (unpaired) electrons. The summed E-state index contributed by atoms with van der Waals surface area (Å²) in [5.41, 5.74) is 1.30. The minimum atomic E-state index is -0.139. The second-order valence-electron chi connectivity index (χ2n) is 7.03. The van der Waals surface area contributed by atoms with Crippen molar-refractivity contribution in [3.05, 3.63) is 23.8 Å². The molecule has 1 saturated heterocycles. The van der Waals surface area contributed by atoms with Crippen LogP contribution in [0.5, 0.6) is 0 Å². The zero-order chi connectivity index (χ0) is 15.3. The molecule has 2 amide bonds. The molecule has 3 unspecified atom stereocenters. The average Bonchev–Trinajstić information content (AvgIpc) is 2.99. The van der Waals surface area contributed by atoms with E-state index in [1.54, 1.807) is 0 Å². The molecule has 1 heterocycles. The number of carbonyl (C=O) groups excluding carboxylic acids is 2. The van der Waals surface area contributed by atoms with Gasteiger partial charge < -0.3 is 4.90 Å². The number of carbonyl (C=O) groups is 2. The molecule has 4 nitrogen and oxygen atoms in total. The summed E-state index contributed by atoms with van der Waals surface area (Å²) in [5.74, 6) is 0.571. The molecule has 21 heavy (non-hydrogen) atoms. The van der Waals surface area contributed by atoms with Gasteiger partial charge in [0.2, 0.25) is 11.8 Å². The summed E-state index contributed by atoms with van der Waals surface area (Å²) in [5, 5.41) is 0. The molecule has 2 bridgehead atoms. The zero-order valence-electron chi connectivity index (χ0n) is 13.2. The van der Waals surface area contributed by atoms with Gasteiger partial charge in [0, 0.05) is 24.9 Å². The number of hydrogen-bond acceptors (Lipinski definition) is 3. The average molecular weight is 288 g/mol. The van der Waals surface area contributed by atoms with Crippen molar-refractivity contribution in [3.63, 3.8) is 0 Å². The van der Waals surface area contributed by atoms with Crippen LogP contribution in [0.1, 0.15) is 13.8 Å². The Bertz CT molecular complexity index is 499. The van der Waals surface area contributed by atoms with Gasteiger partial charge in [-0.05, 0) is 20.0 Å². The van der Waals surface area contributed by atoms with Crippen LogP contribution in [-0.2, 0) is 9.59 Å². The molecule has 1 saturated carbocycles. The van der Waals surface area contributed by atoms with Crippen LogP contribution in [0.4, 0.5) is 0 Å². The van der Waals surface area contributed by atoms with E-state index in [4.69, 9.17) is 0 Å². The molecular formula is C17H24N2O2. The van der Waals surface area contributed by atoms with Crippen molar-refractivity contribution >= 4 is 11.8 Å². The first-order valence-corrected chi connectivity index (χ1v) is 7.81. The number of nitrogens with zero attached hydrogens (tertiary/aromatic N) is 2. The molecule has 3 rings (SSSR count). The number of fused-ring (bicyclic) bond motifs is 5. The quantitative estimate of drug-likeness (QED) is 0.582. The number of amides is 2. The summed E-state index contributed by atoms with van der Waals surface area (Å²) < 4.78 is 0. The third kappa shape index (κ3) is 2.16. The first kappa shape index (κ1) is 14.5. The van der Waals surface area contributed by atoms with E-state index in [9.17, 15) is 9.59 Å². The fourth-order valence-electron chi connectivity index (χ4n) is 4.00. The fourth-order valence-corrected chi connectivity index (χ4v) is 4.00.